The molecule has 0 heterocycles. The van der Waals surface area contributed by atoms with Crippen LogP contribution in [0.2, 0.25) is 6.55 Å². The van der Waals surface area contributed by atoms with Crippen LogP contribution in [-0.2, 0) is 4.43 Å². The fourth-order valence-corrected chi connectivity index (χ4v) is 0. The molecule has 0 amide bonds. The first-order valence-electron chi connectivity index (χ1n) is 1.48. The van der Waals surface area contributed by atoms with Gasteiger partial charge in [0.15, 0.2) is 0 Å². The Morgan fingerprint density at radius 3 is 1.57 bits per heavy atom. The van der Waals surface area contributed by atoms with E-state index < -0.39 is 9.28 Å². The third kappa shape index (κ3) is 23.0. The first kappa shape index (κ1) is 15.7. The van der Waals surface area contributed by atoms with Crippen molar-refractivity contribution in [3.05, 3.63) is 0 Å². The molecule has 0 saturated heterocycles. The van der Waals surface area contributed by atoms with Crippen molar-refractivity contribution in [2.24, 2.45) is 0 Å². The van der Waals surface area contributed by atoms with Gasteiger partial charge in [0.25, 0.3) is 0 Å². The maximum atomic E-state index is 8.28. The summed E-state index contributed by atoms with van der Waals surface area (Å²) in [6.45, 7) is 1.69. The summed E-state index contributed by atoms with van der Waals surface area (Å²) in [5.41, 5.74) is 0. The highest BCUT2D eigenvalue weighted by Gasteiger charge is 1.87. The standard InChI is InChI=1S/C2H8O2Si.2CH4/c1-4-5(2)3;;/h3,5H,1-2H3;2*1H4. The summed E-state index contributed by atoms with van der Waals surface area (Å²) < 4.78 is 4.44. The molecule has 2 nitrogen and oxygen atoms in total. The molecule has 0 spiro atoms. The highest BCUT2D eigenvalue weighted by molar-refractivity contribution is 6.40. The smallest absolute Gasteiger partial charge is 0.315 e. The molecule has 0 aromatic heterocycles. The molecular weight excluding hydrogens is 108 g/mol. The molecule has 0 aliphatic rings. The molecule has 0 aromatic carbocycles. The van der Waals surface area contributed by atoms with Gasteiger partial charge in [-0.3, -0.25) is 0 Å². The maximum absolute atomic E-state index is 8.28. The fourth-order valence-electron chi connectivity index (χ4n) is 0. The molecule has 0 fully saturated rings. The molecule has 0 bridgehead atoms. The van der Waals surface area contributed by atoms with Crippen molar-refractivity contribution >= 4 is 9.28 Å². The van der Waals surface area contributed by atoms with E-state index in [9.17, 15) is 0 Å². The van der Waals surface area contributed by atoms with Gasteiger partial charge in [0, 0.05) is 7.11 Å². The van der Waals surface area contributed by atoms with Crippen molar-refractivity contribution in [2.75, 3.05) is 7.11 Å². The van der Waals surface area contributed by atoms with Crippen LogP contribution in [0.1, 0.15) is 14.9 Å². The SMILES string of the molecule is C.C.CO[SiH](C)O. The molecule has 0 saturated carbocycles. The molecule has 0 rings (SSSR count). The van der Waals surface area contributed by atoms with Gasteiger partial charge in [0.2, 0.25) is 0 Å². The van der Waals surface area contributed by atoms with Crippen LogP contribution >= 0.6 is 0 Å². The minimum atomic E-state index is -1.65. The highest BCUT2D eigenvalue weighted by atomic mass is 28.3. The van der Waals surface area contributed by atoms with Crippen LogP contribution in [0.5, 0.6) is 0 Å². The first-order valence-corrected chi connectivity index (χ1v) is 3.62. The number of hydrogen-bond acceptors (Lipinski definition) is 2. The van der Waals surface area contributed by atoms with E-state index in [4.69, 9.17) is 4.80 Å². The minimum Gasteiger partial charge on any atom is -0.413 e. The molecule has 1 unspecified atom stereocenters. The fraction of sp³-hybridized carbons (Fsp3) is 1.00. The van der Waals surface area contributed by atoms with E-state index in [1.807, 2.05) is 0 Å². The molecular formula is C4H16O2Si. The van der Waals surface area contributed by atoms with Crippen LogP contribution in [0.3, 0.4) is 0 Å². The highest BCUT2D eigenvalue weighted by Crippen LogP contribution is 1.66. The van der Waals surface area contributed by atoms with Crippen molar-refractivity contribution < 1.29 is 9.22 Å². The second kappa shape index (κ2) is 9.46. The Labute approximate surface area is 48.0 Å². The maximum Gasteiger partial charge on any atom is 0.315 e. The summed E-state index contributed by atoms with van der Waals surface area (Å²) in [6.07, 6.45) is 0. The second-order valence-electron chi connectivity index (χ2n) is 0.835. The Hall–Kier alpha value is 0.137. The summed E-state index contributed by atoms with van der Waals surface area (Å²) in [5, 5.41) is 0. The molecule has 1 atom stereocenters. The predicted molar refractivity (Wildman–Crippen MR) is 35.7 cm³/mol. The summed E-state index contributed by atoms with van der Waals surface area (Å²) >= 11 is 0. The van der Waals surface area contributed by atoms with E-state index in [2.05, 4.69) is 4.43 Å². The minimum absolute atomic E-state index is 0. The van der Waals surface area contributed by atoms with E-state index in [0.29, 0.717) is 0 Å². The average Bonchev–Trinajstić information content (AvgIpc) is 1.38. The molecule has 3 heteroatoms. The van der Waals surface area contributed by atoms with Crippen LogP contribution < -0.4 is 0 Å². The third-order valence-corrected chi connectivity index (χ3v) is 1.02. The average molecular weight is 124 g/mol. The molecule has 0 aromatic rings. The lowest BCUT2D eigenvalue weighted by molar-refractivity contribution is 0.334. The van der Waals surface area contributed by atoms with Crippen molar-refractivity contribution in [3.63, 3.8) is 0 Å². The van der Waals surface area contributed by atoms with Crippen LogP contribution in [0.15, 0.2) is 0 Å². The van der Waals surface area contributed by atoms with Gasteiger partial charge in [0.1, 0.15) is 0 Å². The van der Waals surface area contributed by atoms with Gasteiger partial charge < -0.3 is 9.22 Å². The van der Waals surface area contributed by atoms with Crippen LogP contribution in [0.4, 0.5) is 0 Å². The zero-order valence-corrected chi connectivity index (χ0v) is 4.59. The van der Waals surface area contributed by atoms with Gasteiger partial charge in [-0.05, 0) is 6.55 Å². The van der Waals surface area contributed by atoms with Gasteiger partial charge in [-0.2, -0.15) is 0 Å². The van der Waals surface area contributed by atoms with E-state index in [1.54, 1.807) is 6.55 Å². The van der Waals surface area contributed by atoms with Crippen LogP contribution in [-0.4, -0.2) is 21.2 Å². The van der Waals surface area contributed by atoms with Crippen LogP contribution in [0, 0.1) is 0 Å². The molecule has 7 heavy (non-hydrogen) atoms. The Kier molecular flexibility index (Phi) is 21.2. The quantitative estimate of drug-likeness (QED) is 0.523. The molecule has 0 aliphatic heterocycles. The van der Waals surface area contributed by atoms with Crippen molar-refractivity contribution in [1.82, 2.24) is 0 Å². The van der Waals surface area contributed by atoms with E-state index >= 15 is 0 Å². The largest absolute Gasteiger partial charge is 0.413 e. The Morgan fingerprint density at radius 2 is 1.57 bits per heavy atom. The molecule has 48 valence electrons. The zero-order valence-electron chi connectivity index (χ0n) is 3.43. The summed E-state index contributed by atoms with van der Waals surface area (Å²) in [5.74, 6) is 0. The monoisotopic (exact) mass is 124 g/mol. The van der Waals surface area contributed by atoms with Gasteiger partial charge >= 0.3 is 9.28 Å². The van der Waals surface area contributed by atoms with Crippen molar-refractivity contribution in [3.8, 4) is 0 Å². The summed E-state index contributed by atoms with van der Waals surface area (Å²) in [7, 11) is -0.139. The lowest BCUT2D eigenvalue weighted by Crippen LogP contribution is -2.07. The van der Waals surface area contributed by atoms with Crippen molar-refractivity contribution in [2.45, 2.75) is 21.4 Å². The first-order chi connectivity index (χ1) is 2.27. The number of hydrogen-bond donors (Lipinski definition) is 1. The summed E-state index contributed by atoms with van der Waals surface area (Å²) in [6, 6.07) is 0. The lowest BCUT2D eigenvalue weighted by atomic mass is 11.8. The van der Waals surface area contributed by atoms with Crippen molar-refractivity contribution in [1.29, 1.82) is 0 Å². The van der Waals surface area contributed by atoms with E-state index in [0.717, 1.165) is 0 Å². The second-order valence-corrected chi connectivity index (χ2v) is 2.51. The lowest BCUT2D eigenvalue weighted by Gasteiger charge is -1.90. The van der Waals surface area contributed by atoms with E-state index in [-0.39, 0.29) is 14.9 Å². The topological polar surface area (TPSA) is 29.5 Å². The number of rotatable bonds is 1. The third-order valence-electron chi connectivity index (χ3n) is 0.341. The van der Waals surface area contributed by atoms with E-state index in [1.165, 1.54) is 7.11 Å². The van der Waals surface area contributed by atoms with Crippen LogP contribution in [0.25, 0.3) is 0 Å². The molecule has 0 radical (unpaired) electrons. The van der Waals surface area contributed by atoms with Gasteiger partial charge in [-0.1, -0.05) is 14.9 Å². The Morgan fingerprint density at radius 1 is 1.43 bits per heavy atom. The van der Waals surface area contributed by atoms with Gasteiger partial charge in [-0.25, -0.2) is 0 Å². The van der Waals surface area contributed by atoms with Gasteiger partial charge in [-0.15, -0.1) is 0 Å². The normalized spacial score (nSPS) is 10.7. The Bertz CT molecular complexity index is 23.7. The van der Waals surface area contributed by atoms with Gasteiger partial charge in [0.05, 0.1) is 0 Å². The Balaban J connectivity index is -0.0000000800. The molecule has 1 N–H and O–H groups in total. The summed E-state index contributed by atoms with van der Waals surface area (Å²) in [4.78, 5) is 8.28. The molecule has 0 aliphatic carbocycles. The zero-order chi connectivity index (χ0) is 4.28. The predicted octanol–water partition coefficient (Wildman–Crippen LogP) is 0.748.